The Morgan fingerprint density at radius 3 is 2.08 bits per heavy atom. The molecule has 2 rings (SSSR count). The van der Waals surface area contributed by atoms with Gasteiger partial charge in [-0.3, -0.25) is 4.90 Å². The molecule has 2 fully saturated rings. The standard InChI is InChI=1S/C11H22N2/c1-9(2)13-10-5-3-4-6-11(13)8-12-7-10/h9-12H,3-8H2,1-2H3. The fraction of sp³-hybridized carbons (Fsp3) is 1.00. The van der Waals surface area contributed by atoms with Crippen molar-refractivity contribution in [3.63, 3.8) is 0 Å². The highest BCUT2D eigenvalue weighted by molar-refractivity contribution is 4.91. The molecular formula is C11H22N2. The fourth-order valence-electron chi connectivity index (χ4n) is 3.03. The van der Waals surface area contributed by atoms with Crippen LogP contribution in [0.4, 0.5) is 0 Å². The highest BCUT2D eigenvalue weighted by Crippen LogP contribution is 2.26. The van der Waals surface area contributed by atoms with Crippen LogP contribution in [-0.4, -0.2) is 36.1 Å². The van der Waals surface area contributed by atoms with E-state index >= 15 is 0 Å². The molecule has 0 aliphatic carbocycles. The second kappa shape index (κ2) is 3.97. The van der Waals surface area contributed by atoms with E-state index in [1.165, 1.54) is 38.8 Å². The zero-order valence-electron chi connectivity index (χ0n) is 8.92. The number of rotatable bonds is 1. The van der Waals surface area contributed by atoms with Crippen LogP contribution in [0.2, 0.25) is 0 Å². The number of nitrogens with zero attached hydrogens (tertiary/aromatic N) is 1. The summed E-state index contributed by atoms with van der Waals surface area (Å²) in [4.78, 5) is 2.75. The minimum Gasteiger partial charge on any atom is -0.314 e. The second-order valence-corrected chi connectivity index (χ2v) is 4.79. The van der Waals surface area contributed by atoms with Gasteiger partial charge in [-0.25, -0.2) is 0 Å². The minimum absolute atomic E-state index is 0.732. The summed E-state index contributed by atoms with van der Waals surface area (Å²) in [5, 5.41) is 3.57. The average Bonchev–Trinajstić information content (AvgIpc) is 2.22. The maximum Gasteiger partial charge on any atom is 0.0226 e. The average molecular weight is 182 g/mol. The van der Waals surface area contributed by atoms with Crippen LogP contribution in [0.1, 0.15) is 39.5 Å². The van der Waals surface area contributed by atoms with Gasteiger partial charge in [0.1, 0.15) is 0 Å². The van der Waals surface area contributed by atoms with Crippen molar-refractivity contribution in [2.75, 3.05) is 13.1 Å². The lowest BCUT2D eigenvalue weighted by atomic mass is 10.0. The normalized spacial score (nSPS) is 36.2. The largest absolute Gasteiger partial charge is 0.314 e. The molecule has 0 saturated carbocycles. The zero-order chi connectivity index (χ0) is 9.26. The van der Waals surface area contributed by atoms with E-state index in [4.69, 9.17) is 0 Å². The van der Waals surface area contributed by atoms with Crippen molar-refractivity contribution in [2.45, 2.75) is 57.7 Å². The summed E-state index contributed by atoms with van der Waals surface area (Å²) in [6.07, 6.45) is 5.68. The smallest absolute Gasteiger partial charge is 0.0226 e. The second-order valence-electron chi connectivity index (χ2n) is 4.79. The molecule has 2 heterocycles. The summed E-state index contributed by atoms with van der Waals surface area (Å²) < 4.78 is 0. The molecule has 1 N–H and O–H groups in total. The third kappa shape index (κ3) is 1.89. The summed E-state index contributed by atoms with van der Waals surface area (Å²) in [7, 11) is 0. The molecule has 2 unspecified atom stereocenters. The lowest BCUT2D eigenvalue weighted by Gasteiger charge is -2.43. The van der Waals surface area contributed by atoms with E-state index in [2.05, 4.69) is 24.1 Å². The molecule has 0 amide bonds. The van der Waals surface area contributed by atoms with Gasteiger partial charge in [-0.05, 0) is 26.7 Å². The van der Waals surface area contributed by atoms with E-state index in [1.54, 1.807) is 0 Å². The molecule has 13 heavy (non-hydrogen) atoms. The SMILES string of the molecule is CC(C)N1C2CCCCC1CNC2. The highest BCUT2D eigenvalue weighted by Gasteiger charge is 2.33. The Hall–Kier alpha value is -0.0800. The van der Waals surface area contributed by atoms with Crippen molar-refractivity contribution in [1.82, 2.24) is 10.2 Å². The van der Waals surface area contributed by atoms with Crippen LogP contribution in [0.25, 0.3) is 0 Å². The first-order valence-electron chi connectivity index (χ1n) is 5.77. The first-order chi connectivity index (χ1) is 6.29. The minimum atomic E-state index is 0.732. The van der Waals surface area contributed by atoms with Crippen LogP contribution in [0.15, 0.2) is 0 Å². The van der Waals surface area contributed by atoms with Crippen LogP contribution in [-0.2, 0) is 0 Å². The summed E-state index contributed by atoms with van der Waals surface area (Å²) >= 11 is 0. The Labute approximate surface area is 81.7 Å². The first kappa shape index (κ1) is 9.47. The van der Waals surface area contributed by atoms with Gasteiger partial charge in [0.05, 0.1) is 0 Å². The third-order valence-corrected chi connectivity index (χ3v) is 3.52. The Balaban J connectivity index is 2.11. The van der Waals surface area contributed by atoms with E-state index in [9.17, 15) is 0 Å². The molecule has 2 aliphatic heterocycles. The zero-order valence-corrected chi connectivity index (χ0v) is 8.92. The lowest BCUT2D eigenvalue weighted by molar-refractivity contribution is 0.0670. The van der Waals surface area contributed by atoms with Crippen LogP contribution < -0.4 is 5.32 Å². The predicted molar refractivity (Wildman–Crippen MR) is 55.9 cm³/mol. The molecule has 0 aromatic carbocycles. The molecule has 2 atom stereocenters. The lowest BCUT2D eigenvalue weighted by Crippen LogP contribution is -2.58. The highest BCUT2D eigenvalue weighted by atomic mass is 15.3. The van der Waals surface area contributed by atoms with Gasteiger partial charge in [0.25, 0.3) is 0 Å². The monoisotopic (exact) mass is 182 g/mol. The molecular weight excluding hydrogens is 160 g/mol. The summed E-state index contributed by atoms with van der Waals surface area (Å²) in [6, 6.07) is 2.37. The van der Waals surface area contributed by atoms with E-state index in [1.807, 2.05) is 0 Å². The predicted octanol–water partition coefficient (Wildman–Crippen LogP) is 1.61. The van der Waals surface area contributed by atoms with Gasteiger partial charge in [-0.1, -0.05) is 12.8 Å². The number of hydrogen-bond donors (Lipinski definition) is 1. The maximum absolute atomic E-state index is 3.57. The number of hydrogen-bond acceptors (Lipinski definition) is 2. The van der Waals surface area contributed by atoms with E-state index in [0.717, 1.165) is 18.1 Å². The van der Waals surface area contributed by atoms with Crippen molar-refractivity contribution in [3.05, 3.63) is 0 Å². The molecule has 0 aromatic heterocycles. The molecule has 2 heteroatoms. The molecule has 2 nitrogen and oxygen atoms in total. The molecule has 2 saturated heterocycles. The van der Waals surface area contributed by atoms with Gasteiger partial charge in [0.2, 0.25) is 0 Å². The van der Waals surface area contributed by atoms with Crippen LogP contribution in [0.3, 0.4) is 0 Å². The van der Waals surface area contributed by atoms with Gasteiger partial charge < -0.3 is 5.32 Å². The molecule has 0 radical (unpaired) electrons. The Kier molecular flexibility index (Phi) is 2.89. The van der Waals surface area contributed by atoms with Crippen molar-refractivity contribution in [1.29, 1.82) is 0 Å². The van der Waals surface area contributed by atoms with Crippen LogP contribution in [0.5, 0.6) is 0 Å². The summed E-state index contributed by atoms with van der Waals surface area (Å²) in [6.45, 7) is 7.12. The topological polar surface area (TPSA) is 15.3 Å². The van der Waals surface area contributed by atoms with Gasteiger partial charge >= 0.3 is 0 Å². The molecule has 0 spiro atoms. The summed E-state index contributed by atoms with van der Waals surface area (Å²) in [5.41, 5.74) is 0. The van der Waals surface area contributed by atoms with E-state index in [-0.39, 0.29) is 0 Å². The quantitative estimate of drug-likeness (QED) is 0.663. The maximum atomic E-state index is 3.57. The van der Waals surface area contributed by atoms with Crippen molar-refractivity contribution in [3.8, 4) is 0 Å². The first-order valence-corrected chi connectivity index (χ1v) is 5.77. The van der Waals surface area contributed by atoms with Crippen LogP contribution >= 0.6 is 0 Å². The van der Waals surface area contributed by atoms with E-state index < -0.39 is 0 Å². The van der Waals surface area contributed by atoms with Gasteiger partial charge in [-0.15, -0.1) is 0 Å². The molecule has 2 bridgehead atoms. The number of fused-ring (bicyclic) bond motifs is 2. The Bertz CT molecular complexity index is 153. The van der Waals surface area contributed by atoms with Crippen LogP contribution in [0, 0.1) is 0 Å². The van der Waals surface area contributed by atoms with Crippen molar-refractivity contribution in [2.24, 2.45) is 0 Å². The van der Waals surface area contributed by atoms with Gasteiger partial charge in [-0.2, -0.15) is 0 Å². The van der Waals surface area contributed by atoms with Crippen molar-refractivity contribution >= 4 is 0 Å². The van der Waals surface area contributed by atoms with Crippen molar-refractivity contribution < 1.29 is 0 Å². The number of piperazine rings is 1. The van der Waals surface area contributed by atoms with E-state index in [0.29, 0.717) is 0 Å². The molecule has 76 valence electrons. The number of nitrogens with one attached hydrogen (secondary N) is 1. The van der Waals surface area contributed by atoms with Gasteiger partial charge in [0, 0.05) is 31.2 Å². The summed E-state index contributed by atoms with van der Waals surface area (Å²) in [5.74, 6) is 0. The third-order valence-electron chi connectivity index (χ3n) is 3.52. The Morgan fingerprint density at radius 1 is 1.08 bits per heavy atom. The Morgan fingerprint density at radius 2 is 1.62 bits per heavy atom. The molecule has 0 aromatic rings. The fourth-order valence-corrected chi connectivity index (χ4v) is 3.03. The molecule has 2 aliphatic rings. The van der Waals surface area contributed by atoms with Gasteiger partial charge in [0.15, 0.2) is 0 Å².